The Morgan fingerprint density at radius 1 is 1.04 bits per heavy atom. The lowest BCUT2D eigenvalue weighted by Crippen LogP contribution is -2.56. The monoisotopic (exact) mass is 394 g/mol. The Hall–Kier alpha value is -1.46. The Labute approximate surface area is 156 Å². The molecule has 0 aliphatic heterocycles. The minimum atomic E-state index is -1.22. The van der Waals surface area contributed by atoms with Crippen molar-refractivity contribution in [2.45, 2.75) is 44.4 Å². The lowest BCUT2D eigenvalue weighted by Gasteiger charge is -2.22. The maximum absolute atomic E-state index is 12.3. The van der Waals surface area contributed by atoms with E-state index in [1.807, 2.05) is 6.26 Å². The van der Waals surface area contributed by atoms with Gasteiger partial charge in [0.1, 0.15) is 18.1 Å². The van der Waals surface area contributed by atoms with Gasteiger partial charge in [-0.1, -0.05) is 0 Å². The highest BCUT2D eigenvalue weighted by molar-refractivity contribution is 7.98. The fourth-order valence-electron chi connectivity index (χ4n) is 1.67. The van der Waals surface area contributed by atoms with E-state index in [0.717, 1.165) is 0 Å². The third-order valence-corrected chi connectivity index (χ3v) is 4.22. The van der Waals surface area contributed by atoms with E-state index in [2.05, 4.69) is 28.6 Å². The summed E-state index contributed by atoms with van der Waals surface area (Å²) in [6, 6.07) is -3.73. The van der Waals surface area contributed by atoms with E-state index < -0.39 is 47.9 Å². The van der Waals surface area contributed by atoms with Gasteiger partial charge in [-0.2, -0.15) is 24.4 Å². The molecule has 0 rings (SSSR count). The van der Waals surface area contributed by atoms with Gasteiger partial charge in [-0.25, -0.2) is 4.79 Å². The van der Waals surface area contributed by atoms with Crippen LogP contribution in [0.4, 0.5) is 0 Å². The predicted octanol–water partition coefficient (Wildman–Crippen LogP) is -1.42. The van der Waals surface area contributed by atoms with E-state index in [4.69, 9.17) is 10.8 Å². The molecule has 0 aromatic rings. The quantitative estimate of drug-likeness (QED) is 0.235. The van der Waals surface area contributed by atoms with Gasteiger partial charge in [0.05, 0.1) is 6.04 Å². The smallest absolute Gasteiger partial charge is 0.327 e. The minimum absolute atomic E-state index is 0.0808. The van der Waals surface area contributed by atoms with E-state index in [0.29, 0.717) is 12.2 Å². The fraction of sp³-hybridized carbons (Fsp3) is 0.714. The summed E-state index contributed by atoms with van der Waals surface area (Å²) < 4.78 is 0. The lowest BCUT2D eigenvalue weighted by atomic mass is 10.1. The van der Waals surface area contributed by atoms with Crippen molar-refractivity contribution in [2.24, 2.45) is 5.73 Å². The number of amides is 3. The minimum Gasteiger partial charge on any atom is -0.480 e. The maximum Gasteiger partial charge on any atom is 0.327 e. The van der Waals surface area contributed by atoms with Crippen LogP contribution in [0.1, 0.15) is 20.3 Å². The van der Waals surface area contributed by atoms with Crippen molar-refractivity contribution in [3.8, 4) is 0 Å². The second kappa shape index (κ2) is 12.0. The molecular formula is C14H26N4O5S2. The number of nitrogens with one attached hydrogen (secondary N) is 3. The first-order chi connectivity index (χ1) is 11.6. The summed E-state index contributed by atoms with van der Waals surface area (Å²) in [5.41, 5.74) is 5.49. The van der Waals surface area contributed by atoms with Crippen LogP contribution in [0.5, 0.6) is 0 Å². The first kappa shape index (κ1) is 23.5. The summed E-state index contributed by atoms with van der Waals surface area (Å²) in [5.74, 6) is -2.34. The Bertz CT molecular complexity index is 490. The normalized spacial score (nSPS) is 15.4. The van der Waals surface area contributed by atoms with Gasteiger partial charge in [-0.3, -0.25) is 14.4 Å². The van der Waals surface area contributed by atoms with Gasteiger partial charge in [0, 0.05) is 5.75 Å². The average molecular weight is 395 g/mol. The molecular weight excluding hydrogens is 368 g/mol. The highest BCUT2D eigenvalue weighted by atomic mass is 32.2. The summed E-state index contributed by atoms with van der Waals surface area (Å²) in [7, 11) is 0. The molecule has 0 spiro atoms. The molecule has 0 bridgehead atoms. The summed E-state index contributed by atoms with van der Waals surface area (Å²) >= 11 is 5.36. The Balaban J connectivity index is 4.81. The van der Waals surface area contributed by atoms with Gasteiger partial charge < -0.3 is 26.8 Å². The van der Waals surface area contributed by atoms with Gasteiger partial charge in [-0.05, 0) is 32.3 Å². The summed E-state index contributed by atoms with van der Waals surface area (Å²) in [6.45, 7) is 2.92. The lowest BCUT2D eigenvalue weighted by molar-refractivity contribution is -0.141. The van der Waals surface area contributed by atoms with Gasteiger partial charge in [-0.15, -0.1) is 0 Å². The van der Waals surface area contributed by atoms with Crippen molar-refractivity contribution in [2.75, 3.05) is 17.8 Å². The molecule has 3 amide bonds. The van der Waals surface area contributed by atoms with E-state index >= 15 is 0 Å². The second-order valence-electron chi connectivity index (χ2n) is 5.44. The van der Waals surface area contributed by atoms with Crippen LogP contribution in [0.15, 0.2) is 0 Å². The van der Waals surface area contributed by atoms with Crippen LogP contribution >= 0.6 is 24.4 Å². The molecule has 11 heteroatoms. The Kier molecular flexibility index (Phi) is 11.3. The number of hydrogen-bond donors (Lipinski definition) is 6. The van der Waals surface area contributed by atoms with E-state index in [1.165, 1.54) is 25.6 Å². The molecule has 9 nitrogen and oxygen atoms in total. The molecule has 0 aliphatic rings. The summed E-state index contributed by atoms with van der Waals surface area (Å²) in [6.07, 6.45) is 2.23. The highest BCUT2D eigenvalue weighted by Gasteiger charge is 2.27. The first-order valence-electron chi connectivity index (χ1n) is 7.63. The van der Waals surface area contributed by atoms with Crippen molar-refractivity contribution in [3.63, 3.8) is 0 Å². The van der Waals surface area contributed by atoms with Crippen LogP contribution < -0.4 is 21.7 Å². The van der Waals surface area contributed by atoms with E-state index in [1.54, 1.807) is 0 Å². The molecule has 0 fully saturated rings. The van der Waals surface area contributed by atoms with Crippen LogP contribution in [0.3, 0.4) is 0 Å². The zero-order valence-electron chi connectivity index (χ0n) is 14.4. The predicted molar refractivity (Wildman–Crippen MR) is 99.6 cm³/mol. The number of carbonyl (C=O) groups is 4. The van der Waals surface area contributed by atoms with Crippen molar-refractivity contribution in [3.05, 3.63) is 0 Å². The molecule has 0 aliphatic carbocycles. The zero-order valence-corrected chi connectivity index (χ0v) is 16.2. The van der Waals surface area contributed by atoms with Gasteiger partial charge in [0.15, 0.2) is 0 Å². The third-order valence-electron chi connectivity index (χ3n) is 3.21. The highest BCUT2D eigenvalue weighted by Crippen LogP contribution is 2.02. The fourth-order valence-corrected chi connectivity index (χ4v) is 2.39. The van der Waals surface area contributed by atoms with Crippen molar-refractivity contribution < 1.29 is 24.3 Å². The standard InChI is InChI=1S/C14H26N4O5S2/c1-7(15)11(19)17-9(4-5-25-3)13(21)16-8(2)12(20)18-10(6-24)14(22)23/h7-10,24H,4-6,15H2,1-3H3,(H,16,21)(H,17,19)(H,18,20)(H,22,23)/t7-,8-,9-,10-/m0/s1. The van der Waals surface area contributed by atoms with Gasteiger partial charge in [0.2, 0.25) is 17.7 Å². The third kappa shape index (κ3) is 8.98. The molecule has 4 atom stereocenters. The number of thiol groups is 1. The van der Waals surface area contributed by atoms with E-state index in [9.17, 15) is 19.2 Å². The zero-order chi connectivity index (χ0) is 19.6. The molecule has 0 saturated heterocycles. The Morgan fingerprint density at radius 2 is 1.60 bits per heavy atom. The molecule has 0 radical (unpaired) electrons. The summed E-state index contributed by atoms with van der Waals surface area (Å²) in [5, 5.41) is 16.2. The molecule has 6 N–H and O–H groups in total. The number of carbonyl (C=O) groups excluding carboxylic acids is 3. The van der Waals surface area contributed by atoms with Crippen LogP contribution in [-0.4, -0.2) is 70.7 Å². The summed E-state index contributed by atoms with van der Waals surface area (Å²) in [4.78, 5) is 46.9. The largest absolute Gasteiger partial charge is 0.480 e. The van der Waals surface area contributed by atoms with Crippen LogP contribution in [0.25, 0.3) is 0 Å². The Morgan fingerprint density at radius 3 is 2.04 bits per heavy atom. The second-order valence-corrected chi connectivity index (χ2v) is 6.79. The van der Waals surface area contributed by atoms with Crippen LogP contribution in [0, 0.1) is 0 Å². The topological polar surface area (TPSA) is 151 Å². The molecule has 0 aromatic heterocycles. The number of nitrogens with two attached hydrogens (primary N) is 1. The number of hydrogen-bond acceptors (Lipinski definition) is 7. The maximum atomic E-state index is 12.3. The van der Waals surface area contributed by atoms with Crippen molar-refractivity contribution in [1.29, 1.82) is 0 Å². The van der Waals surface area contributed by atoms with Crippen molar-refractivity contribution in [1.82, 2.24) is 16.0 Å². The number of carboxylic acid groups (broad SMARTS) is 1. The molecule has 0 unspecified atom stereocenters. The number of thioether (sulfide) groups is 1. The number of aliphatic carboxylic acids is 1. The van der Waals surface area contributed by atoms with Crippen LogP contribution in [0.2, 0.25) is 0 Å². The first-order valence-corrected chi connectivity index (χ1v) is 9.65. The molecule has 144 valence electrons. The van der Waals surface area contributed by atoms with Gasteiger partial charge >= 0.3 is 5.97 Å². The molecule has 0 saturated carbocycles. The molecule has 25 heavy (non-hydrogen) atoms. The molecule has 0 heterocycles. The SMILES string of the molecule is CSCC[C@H](NC(=O)[C@H](C)N)C(=O)N[C@@H](C)C(=O)N[C@@H](CS)C(=O)O. The van der Waals surface area contributed by atoms with Crippen LogP contribution in [-0.2, 0) is 19.2 Å². The van der Waals surface area contributed by atoms with E-state index in [-0.39, 0.29) is 5.75 Å². The van der Waals surface area contributed by atoms with Gasteiger partial charge in [0.25, 0.3) is 0 Å². The molecule has 0 aromatic carbocycles. The average Bonchev–Trinajstić information content (AvgIpc) is 2.54. The van der Waals surface area contributed by atoms with Crippen molar-refractivity contribution >= 4 is 48.1 Å². The number of carboxylic acids is 1. The number of rotatable bonds is 11.